The van der Waals surface area contributed by atoms with E-state index < -0.39 is 5.97 Å². The van der Waals surface area contributed by atoms with Crippen LogP contribution in [0, 0.1) is 0 Å². The Kier molecular flexibility index (Phi) is 5.82. The molecule has 7 nitrogen and oxygen atoms in total. The van der Waals surface area contributed by atoms with Gasteiger partial charge >= 0.3 is 5.97 Å². The van der Waals surface area contributed by atoms with Gasteiger partial charge in [0.2, 0.25) is 5.82 Å². The second-order valence-corrected chi connectivity index (χ2v) is 5.28. The molecule has 7 heteroatoms. The lowest BCUT2D eigenvalue weighted by molar-refractivity contribution is -0.146. The van der Waals surface area contributed by atoms with Gasteiger partial charge in [0.05, 0.1) is 25.7 Å². The lowest BCUT2D eigenvalue weighted by atomic mass is 10.2. The molecule has 1 aromatic heterocycles. The van der Waals surface area contributed by atoms with E-state index in [0.29, 0.717) is 22.9 Å². The average molecular weight is 354 g/mol. The molecule has 3 aromatic rings. The van der Waals surface area contributed by atoms with Crippen molar-refractivity contribution in [2.45, 2.75) is 13.0 Å². The number of benzene rings is 2. The molecule has 0 atom stereocenters. The minimum Gasteiger partial charge on any atom is -0.496 e. The maximum Gasteiger partial charge on any atom is 0.309 e. The van der Waals surface area contributed by atoms with Crippen LogP contribution in [0.2, 0.25) is 0 Å². The average Bonchev–Trinajstić information content (AvgIpc) is 3.16. The van der Waals surface area contributed by atoms with Crippen molar-refractivity contribution in [2.24, 2.45) is 0 Å². The largest absolute Gasteiger partial charge is 0.496 e. The number of hydrogen-bond acceptors (Lipinski definition) is 7. The highest BCUT2D eigenvalue weighted by molar-refractivity contribution is 5.69. The van der Waals surface area contributed by atoms with Crippen LogP contribution in [0.3, 0.4) is 0 Å². The van der Waals surface area contributed by atoms with Gasteiger partial charge in [-0.05, 0) is 24.3 Å². The molecule has 0 radical (unpaired) electrons. The molecule has 0 bridgehead atoms. The van der Waals surface area contributed by atoms with Crippen molar-refractivity contribution in [3.05, 3.63) is 60.5 Å². The molecule has 3 rings (SSSR count). The van der Waals surface area contributed by atoms with Crippen LogP contribution in [-0.4, -0.2) is 29.8 Å². The molecule has 0 aliphatic heterocycles. The van der Waals surface area contributed by atoms with E-state index in [2.05, 4.69) is 10.1 Å². The topological polar surface area (TPSA) is 83.7 Å². The molecule has 0 amide bonds. The van der Waals surface area contributed by atoms with Gasteiger partial charge in [0.1, 0.15) is 11.5 Å². The van der Waals surface area contributed by atoms with Crippen molar-refractivity contribution in [3.63, 3.8) is 0 Å². The first-order valence-electron chi connectivity index (χ1n) is 8.05. The van der Waals surface area contributed by atoms with Gasteiger partial charge in [-0.1, -0.05) is 35.5 Å². The SMILES string of the molecule is COc1ccccc1-c1noc(COC(=O)CCOc2ccccc2)n1. The van der Waals surface area contributed by atoms with E-state index in [-0.39, 0.29) is 25.5 Å². The third kappa shape index (κ3) is 4.60. The van der Waals surface area contributed by atoms with Crippen LogP contribution in [0.1, 0.15) is 12.3 Å². The van der Waals surface area contributed by atoms with E-state index in [0.717, 1.165) is 0 Å². The zero-order valence-electron chi connectivity index (χ0n) is 14.3. The van der Waals surface area contributed by atoms with E-state index in [1.807, 2.05) is 48.5 Å². The van der Waals surface area contributed by atoms with E-state index in [9.17, 15) is 4.79 Å². The summed E-state index contributed by atoms with van der Waals surface area (Å²) >= 11 is 0. The quantitative estimate of drug-likeness (QED) is 0.574. The van der Waals surface area contributed by atoms with Gasteiger partial charge in [-0.2, -0.15) is 4.98 Å². The van der Waals surface area contributed by atoms with Crippen molar-refractivity contribution < 1.29 is 23.5 Å². The van der Waals surface area contributed by atoms with Crippen LogP contribution < -0.4 is 9.47 Å². The number of methoxy groups -OCH3 is 1. The Hall–Kier alpha value is -3.35. The smallest absolute Gasteiger partial charge is 0.309 e. The van der Waals surface area contributed by atoms with Crippen molar-refractivity contribution in [3.8, 4) is 22.9 Å². The van der Waals surface area contributed by atoms with Crippen molar-refractivity contribution in [1.82, 2.24) is 10.1 Å². The number of esters is 1. The molecule has 0 aliphatic carbocycles. The van der Waals surface area contributed by atoms with E-state index in [1.54, 1.807) is 13.2 Å². The van der Waals surface area contributed by atoms with Gasteiger partial charge in [0.25, 0.3) is 5.89 Å². The number of aromatic nitrogens is 2. The number of hydrogen-bond donors (Lipinski definition) is 0. The second kappa shape index (κ2) is 8.66. The molecule has 1 heterocycles. The third-order valence-corrected chi connectivity index (χ3v) is 3.49. The fourth-order valence-electron chi connectivity index (χ4n) is 2.24. The monoisotopic (exact) mass is 354 g/mol. The molecule has 0 fully saturated rings. The summed E-state index contributed by atoms with van der Waals surface area (Å²) in [5.41, 5.74) is 0.701. The number of rotatable bonds is 8. The van der Waals surface area contributed by atoms with Crippen LogP contribution in [0.25, 0.3) is 11.4 Å². The summed E-state index contributed by atoms with van der Waals surface area (Å²) in [4.78, 5) is 16.0. The Morgan fingerprint density at radius 2 is 1.85 bits per heavy atom. The molecule has 0 N–H and O–H groups in total. The van der Waals surface area contributed by atoms with E-state index >= 15 is 0 Å². The van der Waals surface area contributed by atoms with Crippen molar-refractivity contribution in [1.29, 1.82) is 0 Å². The van der Waals surface area contributed by atoms with Gasteiger partial charge in [-0.25, -0.2) is 0 Å². The normalized spacial score (nSPS) is 10.3. The first-order chi connectivity index (χ1) is 12.8. The second-order valence-electron chi connectivity index (χ2n) is 5.28. The minimum atomic E-state index is -0.405. The summed E-state index contributed by atoms with van der Waals surface area (Å²) in [6, 6.07) is 16.6. The van der Waals surface area contributed by atoms with Crippen LogP contribution in [0.5, 0.6) is 11.5 Å². The van der Waals surface area contributed by atoms with Gasteiger partial charge in [0, 0.05) is 0 Å². The highest BCUT2D eigenvalue weighted by atomic mass is 16.6. The lowest BCUT2D eigenvalue weighted by Gasteiger charge is -2.05. The molecular formula is C19H18N2O5. The Bertz CT molecular complexity index is 848. The summed E-state index contributed by atoms with van der Waals surface area (Å²) in [5.74, 6) is 1.52. The van der Waals surface area contributed by atoms with E-state index in [4.69, 9.17) is 18.7 Å². The summed E-state index contributed by atoms with van der Waals surface area (Å²) in [6.45, 7) is 0.144. The molecule has 0 saturated heterocycles. The zero-order chi connectivity index (χ0) is 18.2. The summed E-state index contributed by atoms with van der Waals surface area (Å²) in [6.07, 6.45) is 0.127. The van der Waals surface area contributed by atoms with Gasteiger partial charge in [-0.15, -0.1) is 0 Å². The van der Waals surface area contributed by atoms with Crippen LogP contribution in [-0.2, 0) is 16.1 Å². The van der Waals surface area contributed by atoms with Crippen LogP contribution >= 0.6 is 0 Å². The minimum absolute atomic E-state index is 0.0910. The molecule has 134 valence electrons. The summed E-state index contributed by atoms with van der Waals surface area (Å²) < 4.78 is 21.0. The number of nitrogens with zero attached hydrogens (tertiary/aromatic N) is 2. The molecule has 0 aliphatic rings. The highest BCUT2D eigenvalue weighted by Crippen LogP contribution is 2.27. The van der Waals surface area contributed by atoms with Crippen molar-refractivity contribution in [2.75, 3.05) is 13.7 Å². The fourth-order valence-corrected chi connectivity index (χ4v) is 2.24. The standard InChI is InChI=1S/C19H18N2O5/c1-23-16-10-6-5-9-15(16)19-20-17(26-21-19)13-25-18(22)11-12-24-14-7-3-2-4-8-14/h2-10H,11-13H2,1H3. The predicted molar refractivity (Wildman–Crippen MR) is 92.6 cm³/mol. The molecule has 2 aromatic carbocycles. The number of carbonyl (C=O) groups excluding carboxylic acids is 1. The molecule has 0 unspecified atom stereocenters. The molecule has 0 saturated carbocycles. The Balaban J connectivity index is 1.48. The maximum absolute atomic E-state index is 11.8. The fraction of sp³-hybridized carbons (Fsp3) is 0.211. The highest BCUT2D eigenvalue weighted by Gasteiger charge is 2.14. The summed E-state index contributed by atoms with van der Waals surface area (Å²) in [7, 11) is 1.57. The molecule has 0 spiro atoms. The van der Waals surface area contributed by atoms with Gasteiger partial charge < -0.3 is 18.7 Å². The van der Waals surface area contributed by atoms with Crippen LogP contribution in [0.15, 0.2) is 59.1 Å². The van der Waals surface area contributed by atoms with E-state index in [1.165, 1.54) is 0 Å². The number of ether oxygens (including phenoxy) is 3. The van der Waals surface area contributed by atoms with Gasteiger partial charge in [-0.3, -0.25) is 4.79 Å². The first-order valence-corrected chi connectivity index (χ1v) is 8.05. The summed E-state index contributed by atoms with van der Waals surface area (Å²) in [5, 5.41) is 3.89. The molecular weight excluding hydrogens is 336 g/mol. The Morgan fingerprint density at radius 3 is 2.65 bits per heavy atom. The third-order valence-electron chi connectivity index (χ3n) is 3.49. The van der Waals surface area contributed by atoms with Crippen molar-refractivity contribution >= 4 is 5.97 Å². The maximum atomic E-state index is 11.8. The van der Waals surface area contributed by atoms with Crippen LogP contribution in [0.4, 0.5) is 0 Å². The first kappa shape index (κ1) is 17.5. The Labute approximate surface area is 150 Å². The number of para-hydroxylation sites is 2. The molecule has 26 heavy (non-hydrogen) atoms. The predicted octanol–water partition coefficient (Wildman–Crippen LogP) is 3.26. The zero-order valence-corrected chi connectivity index (χ0v) is 14.3. The Morgan fingerprint density at radius 1 is 1.08 bits per heavy atom. The van der Waals surface area contributed by atoms with Gasteiger partial charge in [0.15, 0.2) is 6.61 Å². The lowest BCUT2D eigenvalue weighted by Crippen LogP contribution is -2.10. The number of carbonyl (C=O) groups is 1.